The van der Waals surface area contributed by atoms with Gasteiger partial charge in [0.05, 0.1) is 6.54 Å². The molecule has 1 saturated carbocycles. The minimum atomic E-state index is -0.819. The van der Waals surface area contributed by atoms with Gasteiger partial charge in [-0.3, -0.25) is 10.1 Å². The van der Waals surface area contributed by atoms with Gasteiger partial charge < -0.3 is 5.11 Å². The summed E-state index contributed by atoms with van der Waals surface area (Å²) in [5.41, 5.74) is 1.09. The molecule has 0 heterocycles. The molecule has 0 amide bonds. The number of halogens is 1. The monoisotopic (exact) mass is 267 g/mol. The summed E-state index contributed by atoms with van der Waals surface area (Å²) in [6.07, 6.45) is 4.78. The molecule has 0 bridgehead atoms. The van der Waals surface area contributed by atoms with Crippen molar-refractivity contribution in [3.05, 3.63) is 34.9 Å². The lowest BCUT2D eigenvalue weighted by Gasteiger charge is -2.24. The van der Waals surface area contributed by atoms with Gasteiger partial charge in [0.15, 0.2) is 0 Å². The van der Waals surface area contributed by atoms with Gasteiger partial charge in [-0.25, -0.2) is 0 Å². The molecule has 4 heteroatoms. The van der Waals surface area contributed by atoms with Crippen LogP contribution in [0.25, 0.3) is 0 Å². The fourth-order valence-electron chi connectivity index (χ4n) is 2.74. The average molecular weight is 268 g/mol. The van der Waals surface area contributed by atoms with Crippen molar-refractivity contribution in [1.29, 1.82) is 0 Å². The van der Waals surface area contributed by atoms with Crippen molar-refractivity contribution >= 4 is 17.6 Å². The van der Waals surface area contributed by atoms with Gasteiger partial charge >= 0.3 is 5.97 Å². The molecule has 1 aromatic rings. The Labute approximate surface area is 112 Å². The summed E-state index contributed by atoms with van der Waals surface area (Å²) in [4.78, 5) is 10.7. The smallest absolute Gasteiger partial charge is 0.317 e. The van der Waals surface area contributed by atoms with Gasteiger partial charge in [0.25, 0.3) is 0 Å². The molecule has 98 valence electrons. The third-order valence-corrected chi connectivity index (χ3v) is 3.79. The molecule has 1 aromatic carbocycles. The third kappa shape index (κ3) is 3.47. The fourth-order valence-corrected chi connectivity index (χ4v) is 2.94. The Morgan fingerprint density at radius 3 is 2.78 bits per heavy atom. The second-order valence-electron chi connectivity index (χ2n) is 4.85. The van der Waals surface area contributed by atoms with Gasteiger partial charge in [0.1, 0.15) is 0 Å². The van der Waals surface area contributed by atoms with Gasteiger partial charge in [-0.2, -0.15) is 0 Å². The van der Waals surface area contributed by atoms with Gasteiger partial charge in [0, 0.05) is 11.1 Å². The Hall–Kier alpha value is -1.06. The molecule has 0 aromatic heterocycles. The Kier molecular flexibility index (Phi) is 4.61. The molecule has 3 nitrogen and oxygen atoms in total. The Bertz CT molecular complexity index is 416. The van der Waals surface area contributed by atoms with Crippen LogP contribution in [0, 0.1) is 5.92 Å². The van der Waals surface area contributed by atoms with Crippen molar-refractivity contribution in [3.63, 3.8) is 0 Å². The molecule has 2 rings (SSSR count). The van der Waals surface area contributed by atoms with Crippen molar-refractivity contribution in [2.45, 2.75) is 31.7 Å². The molecule has 1 aliphatic carbocycles. The van der Waals surface area contributed by atoms with Crippen LogP contribution in [0.5, 0.6) is 0 Å². The van der Waals surface area contributed by atoms with Crippen LogP contribution in [-0.2, 0) is 4.79 Å². The Morgan fingerprint density at radius 1 is 1.44 bits per heavy atom. The lowest BCUT2D eigenvalue weighted by Crippen LogP contribution is -2.31. The van der Waals surface area contributed by atoms with E-state index in [2.05, 4.69) is 5.32 Å². The summed E-state index contributed by atoms with van der Waals surface area (Å²) >= 11 is 6.01. The highest BCUT2D eigenvalue weighted by Crippen LogP contribution is 2.36. The standard InChI is InChI=1S/C14H18ClNO2/c15-12-7-3-6-11(8-12)14(16-9-13(17)18)10-4-1-2-5-10/h3,6-8,10,14,16H,1-2,4-5,9H2,(H,17,18). The average Bonchev–Trinajstić information content (AvgIpc) is 2.83. The fraction of sp³-hybridized carbons (Fsp3) is 0.500. The second kappa shape index (κ2) is 6.21. The first-order valence-corrected chi connectivity index (χ1v) is 6.75. The SMILES string of the molecule is O=C(O)CNC(c1cccc(Cl)c1)C1CCCC1. The Balaban J connectivity index is 2.14. The molecule has 0 saturated heterocycles. The minimum absolute atomic E-state index is 0.00627. The molecule has 0 aliphatic heterocycles. The summed E-state index contributed by atoms with van der Waals surface area (Å²) in [6.45, 7) is -0.00627. The van der Waals surface area contributed by atoms with E-state index in [1.165, 1.54) is 12.8 Å². The number of carbonyl (C=O) groups is 1. The van der Waals surface area contributed by atoms with Crippen LogP contribution in [-0.4, -0.2) is 17.6 Å². The maximum atomic E-state index is 10.7. The summed E-state index contributed by atoms with van der Waals surface area (Å²) in [5, 5.41) is 12.7. The summed E-state index contributed by atoms with van der Waals surface area (Å²) in [6, 6.07) is 7.81. The van der Waals surface area contributed by atoms with E-state index in [1.807, 2.05) is 24.3 Å². The van der Waals surface area contributed by atoms with E-state index in [1.54, 1.807) is 0 Å². The molecule has 0 spiro atoms. The topological polar surface area (TPSA) is 49.3 Å². The zero-order valence-corrected chi connectivity index (χ0v) is 11.0. The van der Waals surface area contributed by atoms with E-state index in [9.17, 15) is 4.79 Å². The molecular formula is C14H18ClNO2. The molecule has 18 heavy (non-hydrogen) atoms. The van der Waals surface area contributed by atoms with Gasteiger partial charge in [-0.05, 0) is 36.5 Å². The summed E-state index contributed by atoms with van der Waals surface area (Å²) in [7, 11) is 0. The normalized spacial score (nSPS) is 17.8. The molecule has 1 atom stereocenters. The lowest BCUT2D eigenvalue weighted by molar-refractivity contribution is -0.136. The van der Waals surface area contributed by atoms with Gasteiger partial charge in [0.2, 0.25) is 0 Å². The number of hydrogen-bond acceptors (Lipinski definition) is 2. The number of rotatable bonds is 5. The number of aliphatic carboxylic acids is 1. The van der Waals surface area contributed by atoms with Crippen LogP contribution >= 0.6 is 11.6 Å². The molecule has 2 N–H and O–H groups in total. The van der Waals surface area contributed by atoms with Crippen molar-refractivity contribution < 1.29 is 9.90 Å². The quantitative estimate of drug-likeness (QED) is 0.861. The maximum absolute atomic E-state index is 10.7. The number of carboxylic acid groups (broad SMARTS) is 1. The van der Waals surface area contributed by atoms with E-state index in [0.29, 0.717) is 10.9 Å². The van der Waals surface area contributed by atoms with Crippen LogP contribution in [0.4, 0.5) is 0 Å². The maximum Gasteiger partial charge on any atom is 0.317 e. The van der Waals surface area contributed by atoms with E-state index < -0.39 is 5.97 Å². The first-order valence-electron chi connectivity index (χ1n) is 6.37. The first kappa shape index (κ1) is 13.4. The third-order valence-electron chi connectivity index (χ3n) is 3.55. The van der Waals surface area contributed by atoms with E-state index in [4.69, 9.17) is 16.7 Å². The van der Waals surface area contributed by atoms with Crippen molar-refractivity contribution in [1.82, 2.24) is 5.32 Å². The van der Waals surface area contributed by atoms with E-state index >= 15 is 0 Å². The summed E-state index contributed by atoms with van der Waals surface area (Å²) < 4.78 is 0. The van der Waals surface area contributed by atoms with E-state index in [0.717, 1.165) is 18.4 Å². The van der Waals surface area contributed by atoms with E-state index in [-0.39, 0.29) is 12.6 Å². The van der Waals surface area contributed by atoms with Gasteiger partial charge in [-0.15, -0.1) is 0 Å². The van der Waals surface area contributed by atoms with Gasteiger partial charge in [-0.1, -0.05) is 36.6 Å². The number of carboxylic acids is 1. The highest BCUT2D eigenvalue weighted by atomic mass is 35.5. The first-order chi connectivity index (χ1) is 8.66. The number of benzene rings is 1. The molecule has 1 fully saturated rings. The predicted molar refractivity (Wildman–Crippen MR) is 71.8 cm³/mol. The zero-order chi connectivity index (χ0) is 13.0. The molecule has 1 unspecified atom stereocenters. The number of nitrogens with one attached hydrogen (secondary N) is 1. The summed E-state index contributed by atoms with van der Waals surface area (Å²) in [5.74, 6) is -0.303. The van der Waals surface area contributed by atoms with Crippen LogP contribution in [0.15, 0.2) is 24.3 Å². The second-order valence-corrected chi connectivity index (χ2v) is 5.29. The highest BCUT2D eigenvalue weighted by molar-refractivity contribution is 6.30. The Morgan fingerprint density at radius 2 is 2.17 bits per heavy atom. The zero-order valence-electron chi connectivity index (χ0n) is 10.2. The minimum Gasteiger partial charge on any atom is -0.480 e. The van der Waals surface area contributed by atoms with Crippen molar-refractivity contribution in [2.24, 2.45) is 5.92 Å². The van der Waals surface area contributed by atoms with Crippen LogP contribution in [0.2, 0.25) is 5.02 Å². The van der Waals surface area contributed by atoms with Crippen LogP contribution < -0.4 is 5.32 Å². The van der Waals surface area contributed by atoms with Crippen LogP contribution in [0.3, 0.4) is 0 Å². The predicted octanol–water partition coefficient (Wildman–Crippen LogP) is 3.25. The van der Waals surface area contributed by atoms with Crippen LogP contribution in [0.1, 0.15) is 37.3 Å². The lowest BCUT2D eigenvalue weighted by atomic mass is 9.91. The van der Waals surface area contributed by atoms with Crippen molar-refractivity contribution in [3.8, 4) is 0 Å². The number of hydrogen-bond donors (Lipinski definition) is 2. The van der Waals surface area contributed by atoms with Crippen molar-refractivity contribution in [2.75, 3.05) is 6.54 Å². The largest absolute Gasteiger partial charge is 0.480 e. The highest BCUT2D eigenvalue weighted by Gasteiger charge is 2.26. The molecule has 0 radical (unpaired) electrons. The molecule has 1 aliphatic rings. The molecular weight excluding hydrogens is 250 g/mol.